The van der Waals surface area contributed by atoms with Gasteiger partial charge in [0, 0.05) is 36.6 Å². The van der Waals surface area contributed by atoms with Crippen LogP contribution >= 0.6 is 0 Å². The van der Waals surface area contributed by atoms with E-state index >= 15 is 0 Å². The Morgan fingerprint density at radius 3 is 2.30 bits per heavy atom. The summed E-state index contributed by atoms with van der Waals surface area (Å²) in [6.07, 6.45) is 2.04. The maximum Gasteiger partial charge on any atom is 0 e. The normalized spacial score (nSPS) is 11.4. The molecule has 6 aromatic carbocycles. The van der Waals surface area contributed by atoms with E-state index in [9.17, 15) is 4.39 Å². The maximum atomic E-state index is 14.7. The van der Waals surface area contributed by atoms with Crippen LogP contribution in [0.1, 0.15) is 0 Å². The molecule has 0 saturated heterocycles. The van der Waals surface area contributed by atoms with Crippen molar-refractivity contribution in [3.05, 3.63) is 158 Å². The summed E-state index contributed by atoms with van der Waals surface area (Å²) < 4.78 is 24.4. The molecular weight excluding hydrogens is 858 g/mol. The van der Waals surface area contributed by atoms with Crippen LogP contribution in [0.15, 0.2) is 144 Å². The van der Waals surface area contributed by atoms with Gasteiger partial charge in [0.2, 0.25) is 0 Å². The van der Waals surface area contributed by atoms with Gasteiger partial charge in [0.1, 0.15) is 11.4 Å². The van der Waals surface area contributed by atoms with Crippen LogP contribution in [0, 0.1) is 17.9 Å². The van der Waals surface area contributed by atoms with Gasteiger partial charge < -0.3 is 8.98 Å². The zero-order chi connectivity index (χ0) is 33.5. The number of fused-ring (bicyclic) bond motifs is 5. The molecule has 0 saturated carbocycles. The monoisotopic (exact) mass is 892 g/mol. The van der Waals surface area contributed by atoms with E-state index in [4.69, 9.17) is 9.40 Å². The summed E-state index contributed by atoms with van der Waals surface area (Å²) in [6.45, 7) is 0. The fourth-order valence-electron chi connectivity index (χ4n) is 6.30. The smallest absolute Gasteiger partial charge is 0 e. The number of hydrogen-bond acceptors (Lipinski definition) is 3. The number of rotatable bonds is 4. The molecule has 0 aliphatic heterocycles. The molecule has 0 N–H and O–H groups in total. The molecule has 0 amide bonds. The van der Waals surface area contributed by atoms with E-state index in [-0.39, 0.29) is 25.9 Å². The molecule has 9 rings (SSSR count). The Morgan fingerprint density at radius 1 is 0.720 bits per heavy atom. The first-order valence-electron chi connectivity index (χ1n) is 16.3. The van der Waals surface area contributed by atoms with E-state index in [0.717, 1.165) is 38.8 Å². The first-order valence-corrected chi connectivity index (χ1v) is 23.6. The number of halogens is 1. The van der Waals surface area contributed by atoms with Crippen molar-refractivity contribution in [3.63, 3.8) is 0 Å². The molecule has 0 fully saturated rings. The topological polar surface area (TPSA) is 43.9 Å². The van der Waals surface area contributed by atoms with E-state index in [1.807, 2.05) is 72.9 Å². The molecule has 50 heavy (non-hydrogen) atoms. The Morgan fingerprint density at radius 2 is 1.50 bits per heavy atom. The second kappa shape index (κ2) is 13.8. The van der Waals surface area contributed by atoms with Gasteiger partial charge in [-0.3, -0.25) is 4.98 Å². The predicted molar refractivity (Wildman–Crippen MR) is 202 cm³/mol. The molecule has 4 nitrogen and oxygen atoms in total. The van der Waals surface area contributed by atoms with E-state index in [1.165, 1.54) is 10.5 Å². The van der Waals surface area contributed by atoms with Gasteiger partial charge in [-0.25, -0.2) is 4.39 Å². The van der Waals surface area contributed by atoms with Crippen LogP contribution in [-0.2, 0) is 20.1 Å². The summed E-state index contributed by atoms with van der Waals surface area (Å²) in [7, 11) is 0. The molecular formula is C43H32FGeIrN3O-2. The zero-order valence-corrected chi connectivity index (χ0v) is 32.2. The molecule has 3 aromatic heterocycles. The van der Waals surface area contributed by atoms with Gasteiger partial charge in [0.05, 0.1) is 22.4 Å². The summed E-state index contributed by atoms with van der Waals surface area (Å²) in [4.78, 5) is 9.52. The summed E-state index contributed by atoms with van der Waals surface area (Å²) in [5.74, 6) is 7.55. The van der Waals surface area contributed by atoms with Crippen molar-refractivity contribution in [2.45, 2.75) is 17.3 Å². The fraction of sp³-hybridized carbons (Fsp3) is 0.0698. The van der Waals surface area contributed by atoms with Gasteiger partial charge in [0.25, 0.3) is 0 Å². The van der Waals surface area contributed by atoms with Crippen molar-refractivity contribution in [2.75, 3.05) is 0 Å². The third-order valence-electron chi connectivity index (χ3n) is 8.81. The Hall–Kier alpha value is -4.88. The second-order valence-electron chi connectivity index (χ2n) is 13.0. The van der Waals surface area contributed by atoms with Gasteiger partial charge >= 0.3 is 99.8 Å². The molecule has 247 valence electrons. The predicted octanol–water partition coefficient (Wildman–Crippen LogP) is 10.8. The van der Waals surface area contributed by atoms with Gasteiger partial charge in [-0.2, -0.15) is 0 Å². The average Bonchev–Trinajstić information content (AvgIpc) is 3.71. The number of imidazole rings is 1. The Bertz CT molecular complexity index is 2600. The minimum atomic E-state index is -1.72. The quantitative estimate of drug-likeness (QED) is 0.131. The van der Waals surface area contributed by atoms with Crippen molar-refractivity contribution in [1.29, 1.82) is 0 Å². The molecule has 0 atom stereocenters. The first kappa shape index (κ1) is 33.6. The minimum absolute atomic E-state index is 0. The van der Waals surface area contributed by atoms with Crippen molar-refractivity contribution < 1.29 is 28.9 Å². The number of pyridine rings is 1. The van der Waals surface area contributed by atoms with Crippen LogP contribution in [0.25, 0.3) is 72.1 Å². The van der Waals surface area contributed by atoms with Crippen LogP contribution in [0.3, 0.4) is 0 Å². The number of para-hydroxylation sites is 2. The molecule has 9 aromatic rings. The molecule has 3 heterocycles. The molecule has 0 unspecified atom stereocenters. The fourth-order valence-corrected chi connectivity index (χ4v) is 8.48. The summed E-state index contributed by atoms with van der Waals surface area (Å²) in [5, 5.41) is 3.46. The first-order chi connectivity index (χ1) is 23.9. The summed E-state index contributed by atoms with van der Waals surface area (Å²) in [5.41, 5.74) is 6.74. The largest absolute Gasteiger partial charge is 0 e. The number of hydrogen-bond donors (Lipinski definition) is 0. The van der Waals surface area contributed by atoms with Gasteiger partial charge in [0.15, 0.2) is 0 Å². The van der Waals surface area contributed by atoms with Crippen molar-refractivity contribution in [1.82, 2.24) is 14.5 Å². The zero-order valence-electron chi connectivity index (χ0n) is 27.7. The van der Waals surface area contributed by atoms with Gasteiger partial charge in [-0.15, -0.1) is 18.2 Å². The van der Waals surface area contributed by atoms with Crippen molar-refractivity contribution in [3.8, 4) is 28.3 Å². The molecule has 0 spiro atoms. The maximum absolute atomic E-state index is 14.7. The van der Waals surface area contributed by atoms with Gasteiger partial charge in [-0.05, 0) is 35.7 Å². The standard InChI is InChI=1S/C29H16FN2O.C14H16GeN.Ir/c30-22-13-7-17-26-27(22)20-11-6-12-21(28(20)33-26)29-31-23-14-3-4-15-25(23)32(29)24-16-5-9-18-8-1-2-10-19(18)24;1-15(2,3)13-9-10-14(16-11-13)12-7-5-4-6-8-12;/h1-11,13-17H;4-7,9-11H,1-3H3;/q2*-1;. The van der Waals surface area contributed by atoms with Crippen LogP contribution in [-0.4, -0.2) is 27.8 Å². The Labute approximate surface area is 306 Å². The third kappa shape index (κ3) is 6.20. The van der Waals surface area contributed by atoms with Gasteiger partial charge in [-0.1, -0.05) is 65.5 Å². The second-order valence-corrected chi connectivity index (χ2v) is 23.7. The van der Waals surface area contributed by atoms with Crippen molar-refractivity contribution in [2.24, 2.45) is 0 Å². The van der Waals surface area contributed by atoms with Crippen LogP contribution in [0.5, 0.6) is 0 Å². The van der Waals surface area contributed by atoms with E-state index in [2.05, 4.69) is 87.5 Å². The summed E-state index contributed by atoms with van der Waals surface area (Å²) in [6, 6.07) is 50.0. The van der Waals surface area contributed by atoms with E-state index in [1.54, 1.807) is 12.1 Å². The average molecular weight is 891 g/mol. The third-order valence-corrected chi connectivity index (χ3v) is 13.1. The summed E-state index contributed by atoms with van der Waals surface area (Å²) >= 11 is -1.72. The van der Waals surface area contributed by atoms with Crippen LogP contribution < -0.4 is 4.40 Å². The molecule has 7 heteroatoms. The molecule has 0 aliphatic rings. The van der Waals surface area contributed by atoms with Crippen LogP contribution in [0.2, 0.25) is 17.3 Å². The van der Waals surface area contributed by atoms with E-state index in [0.29, 0.717) is 33.3 Å². The number of nitrogens with zero attached hydrogens (tertiary/aromatic N) is 3. The van der Waals surface area contributed by atoms with Crippen LogP contribution in [0.4, 0.5) is 4.39 Å². The molecule has 0 bridgehead atoms. The minimum Gasteiger partial charge on any atom is 0 e. The molecule has 0 aliphatic carbocycles. The number of benzene rings is 6. The number of furan rings is 1. The molecule has 1 radical (unpaired) electrons. The SMILES string of the molecule is Fc1cccc2oc3c(-c4nc5ccccc5n4-c4cccc5ccccc45)[c-]ccc3c12.[CH3][Ge]([CH3])([CH3])[c]1ccc(-c2[c-]cccc2)nc1.[Ir]. The van der Waals surface area contributed by atoms with E-state index < -0.39 is 13.3 Å². The van der Waals surface area contributed by atoms with Crippen molar-refractivity contribution >= 4 is 61.4 Å². The Balaban J connectivity index is 0.000000196. The Kier molecular flexibility index (Phi) is 9.27. The number of aromatic nitrogens is 3.